The minimum absolute atomic E-state index is 0.0475. The number of anilines is 1. The average molecular weight is 381 g/mol. The summed E-state index contributed by atoms with van der Waals surface area (Å²) in [5.41, 5.74) is 6.96. The van der Waals surface area contributed by atoms with Gasteiger partial charge in [-0.15, -0.1) is 13.2 Å². The number of halogens is 3. The first-order chi connectivity index (χ1) is 12.9. The maximum atomic E-state index is 12.3. The lowest BCUT2D eigenvalue weighted by atomic mass is 10.2. The van der Waals surface area contributed by atoms with Crippen molar-refractivity contribution in [1.82, 2.24) is 0 Å². The monoisotopic (exact) mass is 381 g/mol. The zero-order chi connectivity index (χ0) is 19.3. The van der Waals surface area contributed by atoms with Crippen LogP contribution in [0.4, 0.5) is 18.9 Å². The Labute approximate surface area is 153 Å². The summed E-state index contributed by atoms with van der Waals surface area (Å²) in [6.45, 7) is 1.36. The van der Waals surface area contributed by atoms with E-state index in [2.05, 4.69) is 15.0 Å². The Balaban J connectivity index is 1.68. The van der Waals surface area contributed by atoms with Crippen LogP contribution in [0.1, 0.15) is 12.0 Å². The van der Waals surface area contributed by atoms with Gasteiger partial charge in [-0.2, -0.15) is 0 Å². The lowest BCUT2D eigenvalue weighted by molar-refractivity contribution is -0.274. The van der Waals surface area contributed by atoms with Crippen LogP contribution in [0.2, 0.25) is 0 Å². The van der Waals surface area contributed by atoms with Gasteiger partial charge in [-0.1, -0.05) is 18.2 Å². The number of guanidine groups is 1. The number of benzene rings is 2. The largest absolute Gasteiger partial charge is 0.573 e. The second-order valence-electron chi connectivity index (χ2n) is 5.70. The molecule has 2 aromatic carbocycles. The van der Waals surface area contributed by atoms with E-state index in [1.54, 1.807) is 6.07 Å². The normalized spacial score (nSPS) is 14.4. The average Bonchev–Trinajstić information content (AvgIpc) is 2.84. The number of hydrogen-bond acceptors (Lipinski definition) is 4. The number of nitrogens with two attached hydrogens (primary N) is 1. The third-order valence-corrected chi connectivity index (χ3v) is 3.61. The predicted molar refractivity (Wildman–Crippen MR) is 94.1 cm³/mol. The van der Waals surface area contributed by atoms with Gasteiger partial charge >= 0.3 is 6.36 Å². The van der Waals surface area contributed by atoms with E-state index >= 15 is 0 Å². The molecule has 0 aliphatic carbocycles. The van der Waals surface area contributed by atoms with E-state index in [-0.39, 0.29) is 18.3 Å². The predicted octanol–water partition coefficient (Wildman–Crippen LogP) is 3.67. The number of nitrogens with zero attached hydrogens (tertiary/aromatic N) is 1. The van der Waals surface area contributed by atoms with Gasteiger partial charge in [-0.3, -0.25) is 0 Å². The molecule has 0 amide bonds. The summed E-state index contributed by atoms with van der Waals surface area (Å²) in [6.07, 6.45) is -3.97. The molecule has 0 unspecified atom stereocenters. The molecule has 1 heterocycles. The second kappa shape index (κ2) is 8.07. The van der Waals surface area contributed by atoms with Crippen LogP contribution in [0.5, 0.6) is 17.2 Å². The molecule has 0 radical (unpaired) electrons. The number of ether oxygens (including phenoxy) is 3. The van der Waals surface area contributed by atoms with E-state index in [1.807, 2.05) is 18.2 Å². The van der Waals surface area contributed by atoms with Gasteiger partial charge in [0.05, 0.1) is 19.8 Å². The van der Waals surface area contributed by atoms with Crippen LogP contribution in [0.25, 0.3) is 0 Å². The van der Waals surface area contributed by atoms with Gasteiger partial charge in [0.15, 0.2) is 17.5 Å². The Hall–Kier alpha value is -3.10. The van der Waals surface area contributed by atoms with E-state index in [4.69, 9.17) is 15.2 Å². The number of nitrogens with one attached hydrogen (secondary N) is 1. The maximum absolute atomic E-state index is 12.3. The van der Waals surface area contributed by atoms with E-state index in [9.17, 15) is 13.2 Å². The number of hydrogen-bond donors (Lipinski definition) is 2. The van der Waals surface area contributed by atoms with Crippen LogP contribution in [0.3, 0.4) is 0 Å². The number of rotatable bonds is 4. The van der Waals surface area contributed by atoms with Gasteiger partial charge in [0.1, 0.15) is 5.75 Å². The molecule has 3 N–H and O–H groups in total. The smallest absolute Gasteiger partial charge is 0.490 e. The van der Waals surface area contributed by atoms with Crippen LogP contribution in [0, 0.1) is 0 Å². The third kappa shape index (κ3) is 5.44. The van der Waals surface area contributed by atoms with Crippen molar-refractivity contribution in [3.8, 4) is 17.2 Å². The van der Waals surface area contributed by atoms with Gasteiger partial charge in [-0.25, -0.2) is 4.99 Å². The van der Waals surface area contributed by atoms with Gasteiger partial charge in [0, 0.05) is 23.7 Å². The SMILES string of the molecule is NC(=NCc1cccc2c1OCCCO2)Nc1cccc(OC(F)(F)F)c1. The molecule has 144 valence electrons. The molecule has 0 saturated heterocycles. The van der Waals surface area contributed by atoms with E-state index in [0.717, 1.165) is 12.0 Å². The quantitative estimate of drug-likeness (QED) is 0.624. The lowest BCUT2D eigenvalue weighted by Gasteiger charge is -2.12. The topological polar surface area (TPSA) is 78.1 Å². The van der Waals surface area contributed by atoms with Gasteiger partial charge in [0.2, 0.25) is 0 Å². The molecule has 0 fully saturated rings. The standard InChI is InChI=1S/C18H18F3N3O3/c19-18(20,21)27-14-6-2-5-13(10-14)24-17(22)23-11-12-4-1-7-15-16(12)26-9-3-8-25-15/h1-2,4-7,10H,3,8-9,11H2,(H3,22,23,24). The Morgan fingerprint density at radius 3 is 2.74 bits per heavy atom. The molecule has 27 heavy (non-hydrogen) atoms. The van der Waals surface area contributed by atoms with Crippen molar-refractivity contribution in [2.75, 3.05) is 18.5 Å². The second-order valence-corrected chi connectivity index (χ2v) is 5.70. The molecule has 0 spiro atoms. The highest BCUT2D eigenvalue weighted by atomic mass is 19.4. The van der Waals surface area contributed by atoms with Crippen LogP contribution < -0.4 is 25.3 Å². The lowest BCUT2D eigenvalue weighted by Crippen LogP contribution is -2.23. The number of para-hydroxylation sites is 1. The van der Waals surface area contributed by atoms with E-state index in [0.29, 0.717) is 30.4 Å². The van der Waals surface area contributed by atoms with Crippen molar-refractivity contribution in [2.45, 2.75) is 19.3 Å². The van der Waals surface area contributed by atoms with Crippen molar-refractivity contribution in [3.63, 3.8) is 0 Å². The van der Waals surface area contributed by atoms with Crippen LogP contribution in [-0.4, -0.2) is 25.5 Å². The van der Waals surface area contributed by atoms with Gasteiger partial charge in [-0.05, 0) is 18.2 Å². The minimum Gasteiger partial charge on any atom is -0.490 e. The Kier molecular flexibility index (Phi) is 5.58. The first-order valence-corrected chi connectivity index (χ1v) is 8.21. The summed E-state index contributed by atoms with van der Waals surface area (Å²) in [4.78, 5) is 4.22. The highest BCUT2D eigenvalue weighted by Gasteiger charge is 2.31. The summed E-state index contributed by atoms with van der Waals surface area (Å²) >= 11 is 0. The Bertz CT molecular complexity index is 825. The summed E-state index contributed by atoms with van der Waals surface area (Å²) in [6, 6.07) is 10.9. The van der Waals surface area contributed by atoms with Crippen molar-refractivity contribution in [3.05, 3.63) is 48.0 Å². The molecular weight excluding hydrogens is 363 g/mol. The van der Waals surface area contributed by atoms with Crippen molar-refractivity contribution in [2.24, 2.45) is 10.7 Å². The van der Waals surface area contributed by atoms with Crippen molar-refractivity contribution >= 4 is 11.6 Å². The van der Waals surface area contributed by atoms with E-state index < -0.39 is 6.36 Å². The molecule has 0 bridgehead atoms. The first kappa shape index (κ1) is 18.7. The molecule has 1 aliphatic heterocycles. The fraction of sp³-hybridized carbons (Fsp3) is 0.278. The Morgan fingerprint density at radius 2 is 1.93 bits per heavy atom. The molecular formula is C18H18F3N3O3. The minimum atomic E-state index is -4.76. The van der Waals surface area contributed by atoms with Crippen LogP contribution in [0.15, 0.2) is 47.5 Å². The highest BCUT2D eigenvalue weighted by Crippen LogP contribution is 2.33. The van der Waals surface area contributed by atoms with Gasteiger partial charge in [0.25, 0.3) is 0 Å². The number of aliphatic imine (C=N–C) groups is 1. The zero-order valence-corrected chi connectivity index (χ0v) is 14.3. The molecule has 3 rings (SSSR count). The maximum Gasteiger partial charge on any atom is 0.573 e. The van der Waals surface area contributed by atoms with Crippen LogP contribution in [-0.2, 0) is 6.54 Å². The van der Waals surface area contributed by atoms with Crippen molar-refractivity contribution < 1.29 is 27.4 Å². The summed E-state index contributed by atoms with van der Waals surface area (Å²) in [7, 11) is 0. The summed E-state index contributed by atoms with van der Waals surface area (Å²) in [5, 5.41) is 2.74. The van der Waals surface area contributed by atoms with Crippen molar-refractivity contribution in [1.29, 1.82) is 0 Å². The van der Waals surface area contributed by atoms with E-state index in [1.165, 1.54) is 18.2 Å². The molecule has 0 saturated carbocycles. The first-order valence-electron chi connectivity index (χ1n) is 8.21. The number of alkyl halides is 3. The summed E-state index contributed by atoms with van der Waals surface area (Å²) in [5.74, 6) is 0.987. The van der Waals surface area contributed by atoms with Gasteiger partial charge < -0.3 is 25.3 Å². The molecule has 0 aromatic heterocycles. The molecule has 6 nitrogen and oxygen atoms in total. The summed E-state index contributed by atoms with van der Waals surface area (Å²) < 4.78 is 52.1. The number of fused-ring (bicyclic) bond motifs is 1. The molecule has 1 aliphatic rings. The molecule has 9 heteroatoms. The fourth-order valence-corrected chi connectivity index (χ4v) is 2.51. The fourth-order valence-electron chi connectivity index (χ4n) is 2.51. The third-order valence-electron chi connectivity index (χ3n) is 3.61. The molecule has 0 atom stereocenters. The molecule has 2 aromatic rings. The Morgan fingerprint density at radius 1 is 1.15 bits per heavy atom. The van der Waals surface area contributed by atoms with Crippen LogP contribution >= 0.6 is 0 Å². The zero-order valence-electron chi connectivity index (χ0n) is 14.3. The highest BCUT2D eigenvalue weighted by molar-refractivity contribution is 5.92.